The van der Waals surface area contributed by atoms with Gasteiger partial charge in [0.15, 0.2) is 0 Å². The van der Waals surface area contributed by atoms with Gasteiger partial charge in [0.25, 0.3) is 0 Å². The van der Waals surface area contributed by atoms with Gasteiger partial charge in [0, 0.05) is 30.7 Å². The quantitative estimate of drug-likeness (QED) is 0.692. The Labute approximate surface area is 180 Å². The largest absolute Gasteiger partial charge is 0.416 e. The van der Waals surface area contributed by atoms with E-state index in [1.807, 2.05) is 0 Å². The van der Waals surface area contributed by atoms with Gasteiger partial charge in [-0.3, -0.25) is 14.5 Å². The van der Waals surface area contributed by atoms with E-state index < -0.39 is 17.6 Å². The van der Waals surface area contributed by atoms with Crippen molar-refractivity contribution in [1.29, 1.82) is 0 Å². The first-order chi connectivity index (χ1) is 14.8. The number of rotatable bonds is 5. The van der Waals surface area contributed by atoms with Crippen LogP contribution in [0.1, 0.15) is 38.2 Å². The first kappa shape index (κ1) is 21.9. The molecule has 5 nitrogen and oxygen atoms in total. The van der Waals surface area contributed by atoms with E-state index in [0.717, 1.165) is 38.1 Å². The zero-order valence-corrected chi connectivity index (χ0v) is 17.5. The lowest BCUT2D eigenvalue weighted by atomic mass is 9.89. The van der Waals surface area contributed by atoms with Gasteiger partial charge in [0.1, 0.15) is 0 Å². The molecule has 2 aliphatic carbocycles. The number of alkyl halides is 3. The van der Waals surface area contributed by atoms with Gasteiger partial charge in [0.05, 0.1) is 12.1 Å². The van der Waals surface area contributed by atoms with Gasteiger partial charge in [-0.05, 0) is 62.6 Å². The SMILES string of the molecule is CC=C1CCC(N2C[C@@H]3C(C(=O)NCC(=O)Nc4cccc(C(F)(F)F)c4)[C@@H]3C2)CC1. The number of amides is 2. The van der Waals surface area contributed by atoms with Crippen LogP contribution in [-0.4, -0.2) is 42.4 Å². The van der Waals surface area contributed by atoms with Gasteiger partial charge in [-0.15, -0.1) is 0 Å². The van der Waals surface area contributed by atoms with E-state index in [0.29, 0.717) is 17.9 Å². The maximum absolute atomic E-state index is 12.8. The summed E-state index contributed by atoms with van der Waals surface area (Å²) in [6.45, 7) is 3.73. The van der Waals surface area contributed by atoms with Crippen molar-refractivity contribution in [2.75, 3.05) is 25.0 Å². The molecule has 1 aromatic rings. The molecule has 2 N–H and O–H groups in total. The van der Waals surface area contributed by atoms with E-state index in [1.165, 1.54) is 25.0 Å². The number of likely N-dealkylation sites (tertiary alicyclic amines) is 1. The molecule has 1 unspecified atom stereocenters. The first-order valence-corrected chi connectivity index (χ1v) is 10.9. The van der Waals surface area contributed by atoms with Crippen LogP contribution < -0.4 is 10.6 Å². The third-order valence-corrected chi connectivity index (χ3v) is 6.94. The van der Waals surface area contributed by atoms with Crippen LogP contribution in [0.25, 0.3) is 0 Å². The summed E-state index contributed by atoms with van der Waals surface area (Å²) in [5.74, 6) is -0.00707. The van der Waals surface area contributed by atoms with Gasteiger partial charge in [-0.2, -0.15) is 13.2 Å². The maximum atomic E-state index is 12.8. The molecule has 3 fully saturated rings. The summed E-state index contributed by atoms with van der Waals surface area (Å²) in [5.41, 5.74) is 0.771. The fraction of sp³-hybridized carbons (Fsp3) is 0.565. The van der Waals surface area contributed by atoms with Gasteiger partial charge < -0.3 is 10.6 Å². The highest BCUT2D eigenvalue weighted by molar-refractivity contribution is 5.95. The van der Waals surface area contributed by atoms with Crippen LogP contribution in [0.4, 0.5) is 18.9 Å². The number of piperidine rings is 1. The molecule has 0 bridgehead atoms. The van der Waals surface area contributed by atoms with Gasteiger partial charge in [-0.25, -0.2) is 0 Å². The molecule has 2 saturated carbocycles. The van der Waals surface area contributed by atoms with E-state index in [4.69, 9.17) is 0 Å². The lowest BCUT2D eigenvalue weighted by Gasteiger charge is -2.33. The Kier molecular flexibility index (Phi) is 6.10. The summed E-state index contributed by atoms with van der Waals surface area (Å²) in [4.78, 5) is 27.0. The van der Waals surface area contributed by atoms with E-state index in [2.05, 4.69) is 28.5 Å². The van der Waals surface area contributed by atoms with Crippen LogP contribution in [0.2, 0.25) is 0 Å². The molecule has 0 spiro atoms. The second kappa shape index (κ2) is 8.65. The lowest BCUT2D eigenvalue weighted by Crippen LogP contribution is -2.40. The number of nitrogens with zero attached hydrogens (tertiary/aromatic N) is 1. The van der Waals surface area contributed by atoms with Gasteiger partial charge in [0.2, 0.25) is 11.8 Å². The minimum atomic E-state index is -4.47. The topological polar surface area (TPSA) is 61.4 Å². The summed E-state index contributed by atoms with van der Waals surface area (Å²) in [6.07, 6.45) is 2.45. The molecular formula is C23H28F3N3O2. The van der Waals surface area contributed by atoms with Crippen molar-refractivity contribution < 1.29 is 22.8 Å². The summed E-state index contributed by atoms with van der Waals surface area (Å²) in [7, 11) is 0. The van der Waals surface area contributed by atoms with E-state index in [1.54, 1.807) is 5.57 Å². The second-order valence-corrected chi connectivity index (χ2v) is 8.83. The molecule has 2 amide bonds. The predicted molar refractivity (Wildman–Crippen MR) is 111 cm³/mol. The van der Waals surface area contributed by atoms with E-state index in [9.17, 15) is 22.8 Å². The average molecular weight is 435 g/mol. The van der Waals surface area contributed by atoms with Crippen LogP contribution in [0.15, 0.2) is 35.9 Å². The van der Waals surface area contributed by atoms with Crippen molar-refractivity contribution in [3.63, 3.8) is 0 Å². The lowest BCUT2D eigenvalue weighted by molar-refractivity contribution is -0.137. The molecular weight excluding hydrogens is 407 g/mol. The highest BCUT2D eigenvalue weighted by atomic mass is 19.4. The zero-order valence-electron chi connectivity index (χ0n) is 17.5. The molecule has 0 radical (unpaired) electrons. The van der Waals surface area contributed by atoms with Gasteiger partial charge >= 0.3 is 6.18 Å². The number of benzene rings is 1. The Morgan fingerprint density at radius 3 is 2.45 bits per heavy atom. The molecule has 3 aliphatic rings. The van der Waals surface area contributed by atoms with Crippen molar-refractivity contribution in [2.45, 2.75) is 44.8 Å². The Morgan fingerprint density at radius 2 is 1.84 bits per heavy atom. The minimum Gasteiger partial charge on any atom is -0.347 e. The molecule has 4 rings (SSSR count). The molecule has 1 saturated heterocycles. The smallest absolute Gasteiger partial charge is 0.347 e. The molecule has 0 aromatic heterocycles. The number of carbonyl (C=O) groups is 2. The summed E-state index contributed by atoms with van der Waals surface area (Å²) in [5, 5.41) is 5.06. The van der Waals surface area contributed by atoms with Crippen LogP contribution in [0.3, 0.4) is 0 Å². The number of anilines is 1. The molecule has 3 atom stereocenters. The number of nitrogens with one attached hydrogen (secondary N) is 2. The van der Waals surface area contributed by atoms with Crippen LogP contribution >= 0.6 is 0 Å². The van der Waals surface area contributed by atoms with Gasteiger partial charge in [-0.1, -0.05) is 17.7 Å². The number of halogens is 3. The Bertz CT molecular complexity index is 861. The zero-order chi connectivity index (χ0) is 22.2. The normalized spacial score (nSPS) is 28.1. The summed E-state index contributed by atoms with van der Waals surface area (Å²) < 4.78 is 38.3. The third kappa shape index (κ3) is 4.95. The summed E-state index contributed by atoms with van der Waals surface area (Å²) in [6, 6.07) is 5.06. The predicted octanol–water partition coefficient (Wildman–Crippen LogP) is 3.83. The van der Waals surface area contributed by atoms with Crippen molar-refractivity contribution in [3.8, 4) is 0 Å². The standard InChI is InChI=1S/C23H28F3N3O2/c1-2-14-6-8-17(9-7-14)29-12-18-19(13-29)21(18)22(31)27-11-20(30)28-16-5-3-4-15(10-16)23(24,25)26/h2-5,10,17-19,21H,6-9,11-13H2,1H3,(H,27,31)(H,28,30)/t17?,18-,19+,21?. The van der Waals surface area contributed by atoms with Crippen LogP contribution in [0, 0.1) is 17.8 Å². The first-order valence-electron chi connectivity index (χ1n) is 10.9. The van der Waals surface area contributed by atoms with Crippen molar-refractivity contribution in [2.24, 2.45) is 17.8 Å². The number of hydrogen-bond donors (Lipinski definition) is 2. The molecule has 168 valence electrons. The number of hydrogen-bond acceptors (Lipinski definition) is 3. The fourth-order valence-corrected chi connectivity index (χ4v) is 5.14. The number of fused-ring (bicyclic) bond motifs is 1. The Balaban J connectivity index is 1.20. The molecule has 1 heterocycles. The molecule has 1 aliphatic heterocycles. The fourth-order valence-electron chi connectivity index (χ4n) is 5.14. The minimum absolute atomic E-state index is 0.0488. The van der Waals surface area contributed by atoms with Crippen LogP contribution in [0.5, 0.6) is 0 Å². The van der Waals surface area contributed by atoms with E-state index in [-0.39, 0.29) is 24.1 Å². The Morgan fingerprint density at radius 1 is 1.16 bits per heavy atom. The van der Waals surface area contributed by atoms with Crippen LogP contribution in [-0.2, 0) is 15.8 Å². The molecule has 1 aromatic carbocycles. The van der Waals surface area contributed by atoms with E-state index >= 15 is 0 Å². The van der Waals surface area contributed by atoms with Crippen molar-refractivity contribution in [1.82, 2.24) is 10.2 Å². The maximum Gasteiger partial charge on any atom is 0.416 e. The molecule has 31 heavy (non-hydrogen) atoms. The highest BCUT2D eigenvalue weighted by Crippen LogP contribution is 2.53. The highest BCUT2D eigenvalue weighted by Gasteiger charge is 2.59. The monoisotopic (exact) mass is 435 g/mol. The molecule has 8 heteroatoms. The summed E-state index contributed by atoms with van der Waals surface area (Å²) >= 11 is 0. The Hall–Kier alpha value is -2.35. The van der Waals surface area contributed by atoms with Crippen molar-refractivity contribution >= 4 is 17.5 Å². The number of carbonyl (C=O) groups excluding carboxylic acids is 2. The third-order valence-electron chi connectivity index (χ3n) is 6.94. The van der Waals surface area contributed by atoms with Crippen molar-refractivity contribution in [3.05, 3.63) is 41.5 Å². The number of allylic oxidation sites excluding steroid dienone is 2. The average Bonchev–Trinajstić information content (AvgIpc) is 3.25. The second-order valence-electron chi connectivity index (χ2n) is 8.83.